The SMILES string of the molecule is CCC(NS(=O)(=O)c1ccc(C)cc1)C(C)C(=O)OC. The Labute approximate surface area is 120 Å². The summed E-state index contributed by atoms with van der Waals surface area (Å²) >= 11 is 0. The van der Waals surface area contributed by atoms with Crippen molar-refractivity contribution >= 4 is 16.0 Å². The summed E-state index contributed by atoms with van der Waals surface area (Å²) in [6, 6.07) is 6.08. The van der Waals surface area contributed by atoms with Crippen molar-refractivity contribution in [3.05, 3.63) is 29.8 Å². The number of methoxy groups -OCH3 is 1. The van der Waals surface area contributed by atoms with E-state index in [9.17, 15) is 13.2 Å². The molecule has 5 nitrogen and oxygen atoms in total. The first kappa shape index (κ1) is 16.7. The fourth-order valence-corrected chi connectivity index (χ4v) is 3.27. The smallest absolute Gasteiger partial charge is 0.309 e. The lowest BCUT2D eigenvalue weighted by molar-refractivity contribution is -0.145. The molecule has 0 aromatic heterocycles. The third kappa shape index (κ3) is 4.05. The third-order valence-electron chi connectivity index (χ3n) is 3.25. The number of carbonyl (C=O) groups excluding carboxylic acids is 1. The van der Waals surface area contributed by atoms with E-state index < -0.39 is 28.0 Å². The number of ether oxygens (including phenoxy) is 1. The molecule has 1 N–H and O–H groups in total. The van der Waals surface area contributed by atoms with E-state index in [1.54, 1.807) is 31.2 Å². The molecule has 1 aromatic rings. The van der Waals surface area contributed by atoms with Gasteiger partial charge in [0.05, 0.1) is 17.9 Å². The highest BCUT2D eigenvalue weighted by molar-refractivity contribution is 7.89. The molecule has 20 heavy (non-hydrogen) atoms. The van der Waals surface area contributed by atoms with Gasteiger partial charge < -0.3 is 4.74 Å². The first-order valence-corrected chi connectivity index (χ1v) is 7.97. The van der Waals surface area contributed by atoms with Crippen LogP contribution in [0, 0.1) is 12.8 Å². The maximum absolute atomic E-state index is 12.3. The number of esters is 1. The Balaban J connectivity index is 2.93. The van der Waals surface area contributed by atoms with Crippen LogP contribution in [0.2, 0.25) is 0 Å². The standard InChI is InChI=1S/C14H21NO4S/c1-5-13(11(3)14(16)19-4)15-20(17,18)12-8-6-10(2)7-9-12/h6-9,11,13,15H,5H2,1-4H3. The monoisotopic (exact) mass is 299 g/mol. The minimum atomic E-state index is -3.63. The van der Waals surface area contributed by atoms with Gasteiger partial charge in [-0.05, 0) is 25.5 Å². The quantitative estimate of drug-likeness (QED) is 0.814. The molecular weight excluding hydrogens is 278 g/mol. The summed E-state index contributed by atoms with van der Waals surface area (Å²) in [6.07, 6.45) is 0.501. The average molecular weight is 299 g/mol. The van der Waals surface area contributed by atoms with Gasteiger partial charge in [0, 0.05) is 6.04 Å². The molecule has 6 heteroatoms. The van der Waals surface area contributed by atoms with Crippen LogP contribution in [0.4, 0.5) is 0 Å². The summed E-state index contributed by atoms with van der Waals surface area (Å²) in [5.41, 5.74) is 0.985. The molecule has 0 aliphatic carbocycles. The van der Waals surface area contributed by atoms with Gasteiger partial charge in [-0.3, -0.25) is 4.79 Å². The van der Waals surface area contributed by atoms with Gasteiger partial charge in [0.1, 0.15) is 0 Å². The van der Waals surface area contributed by atoms with Crippen molar-refractivity contribution in [1.82, 2.24) is 4.72 Å². The number of sulfonamides is 1. The molecule has 0 fully saturated rings. The van der Waals surface area contributed by atoms with Crippen molar-refractivity contribution in [2.45, 2.75) is 38.1 Å². The number of benzene rings is 1. The second-order valence-corrected chi connectivity index (χ2v) is 6.47. The number of carbonyl (C=O) groups is 1. The Kier molecular flexibility index (Phi) is 5.71. The zero-order valence-corrected chi connectivity index (χ0v) is 13.0. The van der Waals surface area contributed by atoms with E-state index in [0.29, 0.717) is 6.42 Å². The van der Waals surface area contributed by atoms with E-state index in [-0.39, 0.29) is 4.90 Å². The van der Waals surface area contributed by atoms with E-state index >= 15 is 0 Å². The van der Waals surface area contributed by atoms with Gasteiger partial charge in [-0.1, -0.05) is 31.5 Å². The van der Waals surface area contributed by atoms with Gasteiger partial charge >= 0.3 is 5.97 Å². The zero-order chi connectivity index (χ0) is 15.3. The Morgan fingerprint density at radius 1 is 1.30 bits per heavy atom. The highest BCUT2D eigenvalue weighted by Crippen LogP contribution is 2.15. The first-order chi connectivity index (χ1) is 9.31. The van der Waals surface area contributed by atoms with Gasteiger partial charge in [-0.25, -0.2) is 13.1 Å². The number of hydrogen-bond acceptors (Lipinski definition) is 4. The van der Waals surface area contributed by atoms with Crippen LogP contribution in [0.3, 0.4) is 0 Å². The van der Waals surface area contributed by atoms with Crippen LogP contribution in [0.1, 0.15) is 25.8 Å². The van der Waals surface area contributed by atoms with Gasteiger partial charge in [-0.2, -0.15) is 0 Å². The lowest BCUT2D eigenvalue weighted by Crippen LogP contribution is -2.42. The molecular formula is C14H21NO4S. The first-order valence-electron chi connectivity index (χ1n) is 6.48. The molecule has 0 saturated carbocycles. The van der Waals surface area contributed by atoms with E-state index in [1.165, 1.54) is 7.11 Å². The zero-order valence-electron chi connectivity index (χ0n) is 12.2. The lowest BCUT2D eigenvalue weighted by atomic mass is 10.0. The van der Waals surface area contributed by atoms with Crippen LogP contribution in [0.25, 0.3) is 0 Å². The predicted molar refractivity (Wildman–Crippen MR) is 76.8 cm³/mol. The molecule has 1 rings (SSSR count). The van der Waals surface area contributed by atoms with Gasteiger partial charge in [0.2, 0.25) is 10.0 Å². The van der Waals surface area contributed by atoms with Crippen LogP contribution in [-0.4, -0.2) is 27.5 Å². The van der Waals surface area contributed by atoms with Crippen LogP contribution < -0.4 is 4.72 Å². The highest BCUT2D eigenvalue weighted by Gasteiger charge is 2.28. The summed E-state index contributed by atoms with van der Waals surface area (Å²) in [6.45, 7) is 5.36. The fourth-order valence-electron chi connectivity index (χ4n) is 1.87. The molecule has 2 atom stereocenters. The maximum Gasteiger partial charge on any atom is 0.309 e. The minimum Gasteiger partial charge on any atom is -0.469 e. The Morgan fingerprint density at radius 3 is 2.30 bits per heavy atom. The fraction of sp³-hybridized carbons (Fsp3) is 0.500. The second-order valence-electron chi connectivity index (χ2n) is 4.76. The van der Waals surface area contributed by atoms with Crippen LogP contribution in [0.5, 0.6) is 0 Å². The van der Waals surface area contributed by atoms with Crippen LogP contribution in [-0.2, 0) is 19.6 Å². The van der Waals surface area contributed by atoms with Gasteiger partial charge in [-0.15, -0.1) is 0 Å². The Morgan fingerprint density at radius 2 is 1.85 bits per heavy atom. The van der Waals surface area contributed by atoms with Crippen LogP contribution >= 0.6 is 0 Å². The molecule has 0 saturated heterocycles. The topological polar surface area (TPSA) is 72.5 Å². The van der Waals surface area contributed by atoms with E-state index in [1.807, 2.05) is 13.8 Å². The van der Waals surface area contributed by atoms with E-state index in [4.69, 9.17) is 0 Å². The number of rotatable bonds is 6. The Bertz CT molecular complexity index is 551. The van der Waals surface area contributed by atoms with Crippen molar-refractivity contribution < 1.29 is 17.9 Å². The molecule has 0 heterocycles. The van der Waals surface area contributed by atoms with E-state index in [0.717, 1.165) is 5.56 Å². The van der Waals surface area contributed by atoms with Crippen LogP contribution in [0.15, 0.2) is 29.2 Å². The normalized spacial score (nSPS) is 14.6. The molecule has 0 radical (unpaired) electrons. The Hall–Kier alpha value is -1.40. The third-order valence-corrected chi connectivity index (χ3v) is 4.76. The van der Waals surface area contributed by atoms with Crippen molar-refractivity contribution in [1.29, 1.82) is 0 Å². The van der Waals surface area contributed by atoms with Gasteiger partial charge in [0.25, 0.3) is 0 Å². The number of nitrogens with one attached hydrogen (secondary N) is 1. The molecule has 0 amide bonds. The molecule has 0 bridgehead atoms. The number of aryl methyl sites for hydroxylation is 1. The van der Waals surface area contributed by atoms with Crippen molar-refractivity contribution in [3.8, 4) is 0 Å². The highest BCUT2D eigenvalue weighted by atomic mass is 32.2. The minimum absolute atomic E-state index is 0.193. The molecule has 2 unspecified atom stereocenters. The molecule has 1 aromatic carbocycles. The largest absolute Gasteiger partial charge is 0.469 e. The summed E-state index contributed by atoms with van der Waals surface area (Å²) in [5, 5.41) is 0. The second kappa shape index (κ2) is 6.85. The van der Waals surface area contributed by atoms with Crippen molar-refractivity contribution in [2.24, 2.45) is 5.92 Å². The number of hydrogen-bond donors (Lipinski definition) is 1. The summed E-state index contributed by atoms with van der Waals surface area (Å²) in [7, 11) is -2.34. The van der Waals surface area contributed by atoms with Gasteiger partial charge in [0.15, 0.2) is 0 Å². The molecule has 0 aliphatic heterocycles. The van der Waals surface area contributed by atoms with E-state index in [2.05, 4.69) is 9.46 Å². The molecule has 0 aliphatic rings. The maximum atomic E-state index is 12.3. The predicted octanol–water partition coefficient (Wildman–Crippen LogP) is 1.86. The summed E-state index contributed by atoms with van der Waals surface area (Å²) in [4.78, 5) is 11.7. The van der Waals surface area contributed by atoms with Crippen molar-refractivity contribution in [3.63, 3.8) is 0 Å². The average Bonchev–Trinajstić information content (AvgIpc) is 2.43. The summed E-state index contributed by atoms with van der Waals surface area (Å²) in [5.74, 6) is -0.964. The van der Waals surface area contributed by atoms with Crippen molar-refractivity contribution in [2.75, 3.05) is 7.11 Å². The lowest BCUT2D eigenvalue weighted by Gasteiger charge is -2.22. The molecule has 0 spiro atoms. The molecule has 112 valence electrons. The summed E-state index contributed by atoms with van der Waals surface area (Å²) < 4.78 is 31.8.